The van der Waals surface area contributed by atoms with Gasteiger partial charge in [0.15, 0.2) is 11.5 Å². The highest BCUT2D eigenvalue weighted by molar-refractivity contribution is 5.78. The summed E-state index contributed by atoms with van der Waals surface area (Å²) in [4.78, 5) is 28.4. The first-order valence-corrected chi connectivity index (χ1v) is 13.8. The molecule has 4 rings (SSSR count). The van der Waals surface area contributed by atoms with Gasteiger partial charge in [-0.05, 0) is 50.8 Å². The van der Waals surface area contributed by atoms with Crippen LogP contribution in [-0.2, 0) is 25.7 Å². The van der Waals surface area contributed by atoms with Crippen LogP contribution in [0.25, 0.3) is 0 Å². The van der Waals surface area contributed by atoms with Crippen LogP contribution in [0.5, 0.6) is 17.4 Å². The summed E-state index contributed by atoms with van der Waals surface area (Å²) < 4.78 is 67.0. The van der Waals surface area contributed by atoms with Crippen molar-refractivity contribution >= 4 is 17.6 Å². The van der Waals surface area contributed by atoms with Gasteiger partial charge in [0.2, 0.25) is 11.6 Å². The fourth-order valence-corrected chi connectivity index (χ4v) is 4.82. The second-order valence-corrected chi connectivity index (χ2v) is 9.73. The topological polar surface area (TPSA) is 120 Å². The predicted molar refractivity (Wildman–Crippen MR) is 148 cm³/mol. The molecule has 1 aliphatic rings. The van der Waals surface area contributed by atoms with Crippen molar-refractivity contribution in [1.82, 2.24) is 4.98 Å². The highest BCUT2D eigenvalue weighted by atomic mass is 19.2. The Morgan fingerprint density at radius 3 is 2.40 bits per heavy atom. The van der Waals surface area contributed by atoms with Crippen LogP contribution in [0.2, 0.25) is 0 Å². The van der Waals surface area contributed by atoms with Crippen molar-refractivity contribution in [1.29, 1.82) is 5.26 Å². The van der Waals surface area contributed by atoms with Crippen LogP contribution in [0, 0.1) is 40.7 Å². The molecule has 1 saturated carbocycles. The number of ether oxygens (including phenoxy) is 4. The number of nitriles is 1. The van der Waals surface area contributed by atoms with E-state index < -0.39 is 59.0 Å². The normalized spacial score (nSPS) is 17.8. The number of hydrogen-bond acceptors (Lipinski definition) is 9. The molecule has 1 aromatic heterocycles. The zero-order valence-electron chi connectivity index (χ0n) is 23.6. The lowest BCUT2D eigenvalue weighted by molar-refractivity contribution is -0.154. The number of pyridine rings is 1. The van der Waals surface area contributed by atoms with Crippen LogP contribution in [0.3, 0.4) is 0 Å². The number of carbonyl (C=O) groups excluding carboxylic acids is 2. The number of nitrogens with one attached hydrogen (secondary N) is 1. The number of benzene rings is 2. The van der Waals surface area contributed by atoms with Crippen LogP contribution >= 0.6 is 0 Å². The maximum absolute atomic E-state index is 15.7. The van der Waals surface area contributed by atoms with Gasteiger partial charge in [0.05, 0.1) is 36.7 Å². The molecule has 0 radical (unpaired) electrons. The molecule has 9 nitrogen and oxygen atoms in total. The van der Waals surface area contributed by atoms with Gasteiger partial charge in [-0.2, -0.15) is 23.4 Å². The summed E-state index contributed by atoms with van der Waals surface area (Å²) >= 11 is 0. The van der Waals surface area contributed by atoms with Crippen LogP contribution in [0.15, 0.2) is 48.5 Å². The molecule has 43 heavy (non-hydrogen) atoms. The summed E-state index contributed by atoms with van der Waals surface area (Å²) in [6.07, 6.45) is 0.405. The molecule has 3 unspecified atom stereocenters. The van der Waals surface area contributed by atoms with E-state index in [1.165, 1.54) is 18.2 Å². The van der Waals surface area contributed by atoms with Crippen LogP contribution < -0.4 is 14.8 Å². The zero-order valence-corrected chi connectivity index (χ0v) is 23.6. The number of esters is 2. The Balaban J connectivity index is 1.62. The van der Waals surface area contributed by atoms with Gasteiger partial charge < -0.3 is 24.3 Å². The molecule has 1 aliphatic carbocycles. The maximum atomic E-state index is 15.7. The first-order chi connectivity index (χ1) is 20.7. The molecular formula is C31H30F3N3O6. The second-order valence-electron chi connectivity index (χ2n) is 9.73. The van der Waals surface area contributed by atoms with Crippen molar-refractivity contribution in [3.63, 3.8) is 0 Å². The molecular weight excluding hydrogens is 567 g/mol. The monoisotopic (exact) mass is 597 g/mol. The van der Waals surface area contributed by atoms with Gasteiger partial charge >= 0.3 is 11.9 Å². The minimum Gasteiger partial charge on any atom is -0.485 e. The minimum atomic E-state index is -1.66. The quantitative estimate of drug-likeness (QED) is 0.208. The molecule has 12 heteroatoms. The summed E-state index contributed by atoms with van der Waals surface area (Å²) in [7, 11) is 0. The van der Waals surface area contributed by atoms with E-state index in [4.69, 9.17) is 18.9 Å². The lowest BCUT2D eigenvalue weighted by Crippen LogP contribution is -2.43. The summed E-state index contributed by atoms with van der Waals surface area (Å²) in [5, 5.41) is 12.0. The third kappa shape index (κ3) is 7.54. The Morgan fingerprint density at radius 1 is 0.977 bits per heavy atom. The Bertz CT molecular complexity index is 1500. The Hall–Kier alpha value is -4.79. The van der Waals surface area contributed by atoms with Crippen LogP contribution in [0.4, 0.5) is 18.9 Å². The average Bonchev–Trinajstić information content (AvgIpc) is 3.02. The highest BCUT2D eigenvalue weighted by Gasteiger charge is 2.40. The van der Waals surface area contributed by atoms with Gasteiger partial charge in [-0.25, -0.2) is 0 Å². The number of halogens is 3. The zero-order chi connectivity index (χ0) is 30.9. The predicted octanol–water partition coefficient (Wildman–Crippen LogP) is 6.06. The largest absolute Gasteiger partial charge is 0.485 e. The van der Waals surface area contributed by atoms with Crippen molar-refractivity contribution in [2.75, 3.05) is 18.5 Å². The lowest BCUT2D eigenvalue weighted by Gasteiger charge is -2.34. The molecule has 1 heterocycles. The summed E-state index contributed by atoms with van der Waals surface area (Å²) in [6, 6.07) is 14.3. The fraction of sp³-hybridized carbons (Fsp3) is 0.355. The van der Waals surface area contributed by atoms with Crippen molar-refractivity contribution in [3.05, 3.63) is 77.2 Å². The van der Waals surface area contributed by atoms with Gasteiger partial charge in [-0.3, -0.25) is 9.59 Å². The Kier molecular flexibility index (Phi) is 10.4. The van der Waals surface area contributed by atoms with Crippen molar-refractivity contribution in [2.24, 2.45) is 11.8 Å². The van der Waals surface area contributed by atoms with E-state index in [2.05, 4.69) is 10.3 Å². The van der Waals surface area contributed by atoms with Crippen LogP contribution in [-0.4, -0.2) is 36.2 Å². The van der Waals surface area contributed by atoms with Gasteiger partial charge in [-0.15, -0.1) is 0 Å². The molecule has 0 saturated heterocycles. The van der Waals surface area contributed by atoms with E-state index in [-0.39, 0.29) is 56.1 Å². The summed E-state index contributed by atoms with van der Waals surface area (Å²) in [5.74, 6) is -8.37. The first kappa shape index (κ1) is 31.2. The standard InChI is InChI=1S/C31H30F3N3O6/c1-3-40-30(38)20-11-12-22(21(15-20)31(39)41-4-2)36-27-25(32)28(34)37-29(26(27)33)43-24-14-19(16-35)10-13-23(24)42-17-18-8-6-5-7-9-18/h5-10,13-14,20-22H,3-4,11-12,15,17H2,1-2H3,(H,36,37). The molecule has 2 aromatic carbocycles. The van der Waals surface area contributed by atoms with E-state index in [0.717, 1.165) is 5.56 Å². The van der Waals surface area contributed by atoms with Crippen LogP contribution in [0.1, 0.15) is 44.2 Å². The van der Waals surface area contributed by atoms with Gasteiger partial charge in [-0.1, -0.05) is 30.3 Å². The van der Waals surface area contributed by atoms with Crippen molar-refractivity contribution < 1.29 is 41.7 Å². The number of aromatic nitrogens is 1. The van der Waals surface area contributed by atoms with Crippen molar-refractivity contribution in [2.45, 2.75) is 45.8 Å². The van der Waals surface area contributed by atoms with E-state index >= 15 is 4.39 Å². The van der Waals surface area contributed by atoms with E-state index in [9.17, 15) is 23.6 Å². The Morgan fingerprint density at radius 2 is 1.70 bits per heavy atom. The molecule has 3 atom stereocenters. The minimum absolute atomic E-state index is 0.0125. The molecule has 1 N–H and O–H groups in total. The van der Waals surface area contributed by atoms with E-state index in [1.807, 2.05) is 36.4 Å². The highest BCUT2D eigenvalue weighted by Crippen LogP contribution is 2.39. The number of anilines is 1. The number of hydrogen-bond donors (Lipinski definition) is 1. The number of rotatable bonds is 11. The molecule has 0 amide bonds. The van der Waals surface area contributed by atoms with E-state index in [0.29, 0.717) is 0 Å². The lowest BCUT2D eigenvalue weighted by atomic mass is 9.77. The van der Waals surface area contributed by atoms with E-state index in [1.54, 1.807) is 13.8 Å². The smallest absolute Gasteiger partial charge is 0.311 e. The van der Waals surface area contributed by atoms with Gasteiger partial charge in [0, 0.05) is 12.1 Å². The third-order valence-corrected chi connectivity index (χ3v) is 6.91. The first-order valence-electron chi connectivity index (χ1n) is 13.8. The molecule has 1 fully saturated rings. The second kappa shape index (κ2) is 14.4. The van der Waals surface area contributed by atoms with Gasteiger partial charge in [0.1, 0.15) is 12.3 Å². The Labute approximate surface area is 246 Å². The SMILES string of the molecule is CCOC(=O)C1CCC(Nc2c(F)c(F)nc(Oc3cc(C#N)ccc3OCc3ccccc3)c2F)C(C(=O)OCC)C1. The average molecular weight is 598 g/mol. The fourth-order valence-electron chi connectivity index (χ4n) is 4.82. The molecule has 0 aliphatic heterocycles. The van der Waals surface area contributed by atoms with Gasteiger partial charge in [0.25, 0.3) is 11.8 Å². The molecule has 0 bridgehead atoms. The third-order valence-electron chi connectivity index (χ3n) is 6.91. The number of carbonyl (C=O) groups is 2. The molecule has 0 spiro atoms. The summed E-state index contributed by atoms with van der Waals surface area (Å²) in [5.41, 5.74) is 0.0499. The summed E-state index contributed by atoms with van der Waals surface area (Å²) in [6.45, 7) is 3.58. The maximum Gasteiger partial charge on any atom is 0.311 e. The molecule has 3 aromatic rings. The molecule has 226 valence electrons. The number of nitrogens with zero attached hydrogens (tertiary/aromatic N) is 2. The van der Waals surface area contributed by atoms with Crippen molar-refractivity contribution in [3.8, 4) is 23.4 Å².